The van der Waals surface area contributed by atoms with Crippen LogP contribution in [0.1, 0.15) is 23.6 Å². The number of aliphatic hydroxyl groups is 6. The number of piperidine rings is 1. The van der Waals surface area contributed by atoms with Crippen LogP contribution in [0, 0.1) is 11.8 Å². The predicted octanol–water partition coefficient (Wildman–Crippen LogP) is -1.83. The number of phenolic OH excluding ortho intramolecular Hbond substituents is 1. The average molecular weight is 638 g/mol. The number of amides is 1. The zero-order chi connectivity index (χ0) is 32.2. The van der Waals surface area contributed by atoms with E-state index in [-0.39, 0.29) is 24.3 Å². The van der Waals surface area contributed by atoms with Crippen LogP contribution in [0.15, 0.2) is 36.6 Å². The van der Waals surface area contributed by atoms with Crippen LogP contribution in [0.3, 0.4) is 0 Å². The first kappa shape index (κ1) is 32.1. The molecule has 0 bridgehead atoms. The van der Waals surface area contributed by atoms with Crippen molar-refractivity contribution in [3.63, 3.8) is 0 Å². The first-order valence-electron chi connectivity index (χ1n) is 14.8. The Morgan fingerprint density at radius 1 is 1.02 bits per heavy atom. The molecule has 3 saturated heterocycles. The van der Waals surface area contributed by atoms with Gasteiger partial charge in [-0.3, -0.25) is 4.79 Å². The fourth-order valence-electron chi connectivity index (χ4n) is 6.81. The van der Waals surface area contributed by atoms with Crippen molar-refractivity contribution in [2.24, 2.45) is 11.8 Å². The van der Waals surface area contributed by atoms with E-state index in [1.165, 1.54) is 13.4 Å². The van der Waals surface area contributed by atoms with Crippen LogP contribution in [-0.4, -0.2) is 135 Å². The van der Waals surface area contributed by atoms with Gasteiger partial charge in [-0.05, 0) is 36.1 Å². The van der Waals surface area contributed by atoms with Crippen molar-refractivity contribution in [2.75, 3.05) is 26.9 Å². The number of hydrogen-bond acceptors (Lipinski definition) is 14. The number of carbonyl (C=O) groups is 1. The number of hydrogen-bond donors (Lipinski definition) is 7. The smallest absolute Gasteiger partial charge is 0.253 e. The molecule has 5 heterocycles. The van der Waals surface area contributed by atoms with Crippen molar-refractivity contribution in [1.82, 2.24) is 4.90 Å². The van der Waals surface area contributed by atoms with Gasteiger partial charge in [0.1, 0.15) is 42.7 Å². The number of aromatic hydroxyl groups is 1. The van der Waals surface area contributed by atoms with Crippen LogP contribution in [0.4, 0.5) is 0 Å². The average Bonchev–Trinajstić information content (AvgIpc) is 3.03. The van der Waals surface area contributed by atoms with E-state index < -0.39 is 80.0 Å². The van der Waals surface area contributed by atoms with Gasteiger partial charge >= 0.3 is 0 Å². The fourth-order valence-corrected chi connectivity index (χ4v) is 6.81. The Hall–Kier alpha value is -2.83. The monoisotopic (exact) mass is 637 g/mol. The molecule has 13 unspecified atom stereocenters. The summed E-state index contributed by atoms with van der Waals surface area (Å²) in [4.78, 5) is 15.4. The molecule has 0 saturated carbocycles. The highest BCUT2D eigenvalue weighted by molar-refractivity contribution is 5.95. The molecule has 13 atom stereocenters. The maximum Gasteiger partial charge on any atom is 0.253 e. The standard InChI is InChI=1S/C30H39NO14/c1-3-13-15-7-17-14-8-18(32)20(40-2)6-12(14)4-5-31(17)27(39)16(15)9-41-28(13)45-30-26(38)24(36)23(35)21(44-30)11-43-29-25(37)22(34)19(33)10-42-29/h3,6,8-9,13,15,17,19,21-26,28-30,32-38H,1,4-5,7,10-11H2,2H3. The van der Waals surface area contributed by atoms with Crippen molar-refractivity contribution in [3.05, 3.63) is 47.7 Å². The zero-order valence-electron chi connectivity index (χ0n) is 24.5. The van der Waals surface area contributed by atoms with E-state index >= 15 is 0 Å². The summed E-state index contributed by atoms with van der Waals surface area (Å²) in [6, 6.07) is 3.07. The van der Waals surface area contributed by atoms with Gasteiger partial charge in [0, 0.05) is 18.4 Å². The third kappa shape index (κ3) is 5.71. The predicted molar refractivity (Wildman–Crippen MR) is 149 cm³/mol. The van der Waals surface area contributed by atoms with Crippen molar-refractivity contribution in [2.45, 2.75) is 80.5 Å². The molecule has 45 heavy (non-hydrogen) atoms. The Kier molecular flexibility index (Phi) is 9.11. The van der Waals surface area contributed by atoms with E-state index in [2.05, 4.69) is 6.58 Å². The Balaban J connectivity index is 1.17. The van der Waals surface area contributed by atoms with E-state index in [9.17, 15) is 40.5 Å². The van der Waals surface area contributed by atoms with E-state index in [4.69, 9.17) is 28.4 Å². The van der Waals surface area contributed by atoms with Crippen LogP contribution in [0.2, 0.25) is 0 Å². The fraction of sp³-hybridized carbons (Fsp3) is 0.633. The molecule has 1 aromatic rings. The molecular formula is C30H39NO14. The first-order valence-corrected chi connectivity index (χ1v) is 14.8. The number of phenols is 1. The highest BCUT2D eigenvalue weighted by Crippen LogP contribution is 2.49. The number of rotatable bonds is 7. The molecule has 248 valence electrons. The number of fused-ring (bicyclic) bond motifs is 4. The Bertz CT molecular complexity index is 1310. The molecular weight excluding hydrogens is 598 g/mol. The molecule has 0 aromatic heterocycles. The van der Waals surface area contributed by atoms with Gasteiger partial charge in [-0.15, -0.1) is 6.58 Å². The normalized spacial score (nSPS) is 41.2. The summed E-state index contributed by atoms with van der Waals surface area (Å²) < 4.78 is 33.6. The van der Waals surface area contributed by atoms with Crippen LogP contribution in [0.25, 0.3) is 0 Å². The van der Waals surface area contributed by atoms with E-state index in [1.54, 1.807) is 23.1 Å². The lowest BCUT2D eigenvalue weighted by Crippen LogP contribution is -2.61. The number of nitrogens with zero attached hydrogens (tertiary/aromatic N) is 1. The second-order valence-electron chi connectivity index (χ2n) is 12.0. The van der Waals surface area contributed by atoms with E-state index in [0.29, 0.717) is 30.7 Å². The lowest BCUT2D eigenvalue weighted by Gasteiger charge is -2.49. The molecule has 7 N–H and O–H groups in total. The molecule has 0 aliphatic carbocycles. The summed E-state index contributed by atoms with van der Waals surface area (Å²) in [7, 11) is 1.48. The van der Waals surface area contributed by atoms with Crippen molar-refractivity contribution >= 4 is 5.91 Å². The number of aliphatic hydroxyl groups excluding tert-OH is 6. The highest BCUT2D eigenvalue weighted by atomic mass is 16.8. The quantitative estimate of drug-likeness (QED) is 0.164. The molecule has 1 amide bonds. The van der Waals surface area contributed by atoms with E-state index in [1.807, 2.05) is 0 Å². The molecule has 3 fully saturated rings. The minimum atomic E-state index is -1.72. The third-order valence-corrected chi connectivity index (χ3v) is 9.38. The molecule has 5 aliphatic heterocycles. The summed E-state index contributed by atoms with van der Waals surface area (Å²) in [6.07, 6.45) is -10.7. The van der Waals surface area contributed by atoms with Crippen LogP contribution < -0.4 is 4.74 Å². The Morgan fingerprint density at radius 3 is 2.51 bits per heavy atom. The van der Waals surface area contributed by atoms with Gasteiger partial charge in [-0.25, -0.2) is 0 Å². The third-order valence-electron chi connectivity index (χ3n) is 9.38. The first-order chi connectivity index (χ1) is 21.5. The lowest BCUT2D eigenvalue weighted by atomic mass is 9.73. The number of methoxy groups -OCH3 is 1. The summed E-state index contributed by atoms with van der Waals surface area (Å²) >= 11 is 0. The minimum Gasteiger partial charge on any atom is -0.504 e. The van der Waals surface area contributed by atoms with Crippen molar-refractivity contribution in [1.29, 1.82) is 0 Å². The van der Waals surface area contributed by atoms with Gasteiger partial charge in [0.05, 0.1) is 38.2 Å². The summed E-state index contributed by atoms with van der Waals surface area (Å²) in [6.45, 7) is 3.66. The van der Waals surface area contributed by atoms with Crippen molar-refractivity contribution in [3.8, 4) is 11.5 Å². The number of ether oxygens (including phenoxy) is 6. The maximum atomic E-state index is 13.6. The zero-order valence-corrected chi connectivity index (χ0v) is 24.5. The Labute approximate surface area is 258 Å². The molecule has 15 heteroatoms. The van der Waals surface area contributed by atoms with Gasteiger partial charge in [0.25, 0.3) is 5.91 Å². The summed E-state index contributed by atoms with van der Waals surface area (Å²) in [5.74, 6) is -0.888. The minimum absolute atomic E-state index is 0.0265. The second-order valence-corrected chi connectivity index (χ2v) is 12.0. The Morgan fingerprint density at radius 2 is 1.78 bits per heavy atom. The summed E-state index contributed by atoms with van der Waals surface area (Å²) in [5, 5.41) is 72.1. The number of carbonyl (C=O) groups excluding carboxylic acids is 1. The number of benzene rings is 1. The van der Waals surface area contributed by atoms with Crippen LogP contribution in [-0.2, 0) is 34.9 Å². The molecule has 6 rings (SSSR count). The molecule has 5 aliphatic rings. The van der Waals surface area contributed by atoms with Gasteiger partial charge in [0.2, 0.25) is 6.29 Å². The largest absolute Gasteiger partial charge is 0.504 e. The molecule has 15 nitrogen and oxygen atoms in total. The van der Waals surface area contributed by atoms with Gasteiger partial charge in [-0.1, -0.05) is 6.08 Å². The molecule has 0 spiro atoms. The van der Waals surface area contributed by atoms with Crippen LogP contribution >= 0.6 is 0 Å². The highest BCUT2D eigenvalue weighted by Gasteiger charge is 2.51. The van der Waals surface area contributed by atoms with Gasteiger partial charge in [-0.2, -0.15) is 0 Å². The second kappa shape index (κ2) is 12.8. The van der Waals surface area contributed by atoms with Crippen molar-refractivity contribution < 1.29 is 69.0 Å². The van der Waals surface area contributed by atoms with E-state index in [0.717, 1.165) is 11.1 Å². The van der Waals surface area contributed by atoms with Crippen LogP contribution in [0.5, 0.6) is 11.5 Å². The SMILES string of the molecule is C=CC1C(OC2OC(COC3OCC(O)C(O)C3O)C(O)C(O)C2O)OC=C2C(=O)N3CCc4cc(OC)c(O)cc4C3CC21. The molecule has 0 radical (unpaired) electrons. The van der Waals surface area contributed by atoms with Gasteiger partial charge < -0.3 is 69.1 Å². The summed E-state index contributed by atoms with van der Waals surface area (Å²) in [5.41, 5.74) is 2.22. The lowest BCUT2D eigenvalue weighted by molar-refractivity contribution is -0.348. The molecule has 1 aromatic carbocycles. The topological polar surface area (TPSA) is 217 Å². The van der Waals surface area contributed by atoms with Gasteiger partial charge in [0.15, 0.2) is 24.1 Å². The maximum absolute atomic E-state index is 13.6.